The molecular weight excluding hydrogens is 420 g/mol. The first-order valence-corrected chi connectivity index (χ1v) is 10.8. The van der Waals surface area contributed by atoms with Crippen LogP contribution in [0, 0.1) is 0 Å². The fourth-order valence-electron chi connectivity index (χ4n) is 3.73. The number of hydrogen-bond donors (Lipinski definition) is 3. The van der Waals surface area contributed by atoms with Gasteiger partial charge in [0.1, 0.15) is 5.82 Å². The predicted molar refractivity (Wildman–Crippen MR) is 126 cm³/mol. The smallest absolute Gasteiger partial charge is 0.337 e. The van der Waals surface area contributed by atoms with Gasteiger partial charge in [-0.25, -0.2) is 9.78 Å². The second kappa shape index (κ2) is 9.52. The number of aryl methyl sites for hydroxylation is 1. The maximum atomic E-state index is 12.6. The number of nitrogens with one attached hydrogen (secondary N) is 2. The molecule has 8 heteroatoms. The molecular formula is C25H24N4O4. The summed E-state index contributed by atoms with van der Waals surface area (Å²) in [7, 11) is 0. The number of unbranched alkanes of at least 4 members (excludes halogenated alkanes) is 1. The molecule has 0 spiro atoms. The summed E-state index contributed by atoms with van der Waals surface area (Å²) in [4.78, 5) is 43.4. The first kappa shape index (κ1) is 22.0. The first-order chi connectivity index (χ1) is 16.0. The normalized spacial score (nSPS) is 10.9. The lowest BCUT2D eigenvalue weighted by molar-refractivity contribution is 0.0698. The third kappa shape index (κ3) is 4.69. The van der Waals surface area contributed by atoms with Crippen LogP contribution >= 0.6 is 0 Å². The Hall–Kier alpha value is -4.20. The summed E-state index contributed by atoms with van der Waals surface area (Å²) in [5.74, 6) is -0.638. The Bertz CT molecular complexity index is 1370. The average molecular weight is 444 g/mol. The molecule has 8 nitrogen and oxygen atoms in total. The van der Waals surface area contributed by atoms with Gasteiger partial charge < -0.3 is 20.0 Å². The fraction of sp³-hybridized carbons (Fsp3) is 0.200. The van der Waals surface area contributed by atoms with Crippen molar-refractivity contribution in [1.29, 1.82) is 0 Å². The summed E-state index contributed by atoms with van der Waals surface area (Å²) < 4.78 is 2.04. The number of para-hydroxylation sites is 1. The Morgan fingerprint density at radius 2 is 1.85 bits per heavy atom. The van der Waals surface area contributed by atoms with Crippen LogP contribution in [0.4, 0.5) is 5.69 Å². The Morgan fingerprint density at radius 1 is 1.09 bits per heavy atom. The second-order valence-electron chi connectivity index (χ2n) is 7.76. The monoisotopic (exact) mass is 444 g/mol. The highest BCUT2D eigenvalue weighted by molar-refractivity contribution is 6.07. The number of H-pyrrole nitrogens is 1. The summed E-state index contributed by atoms with van der Waals surface area (Å²) in [6.45, 7) is 2.63. The molecule has 2 aromatic carbocycles. The minimum absolute atomic E-state index is 0.0315. The molecule has 1 amide bonds. The number of fused-ring (bicyclic) bond motifs is 1. The zero-order valence-electron chi connectivity index (χ0n) is 18.2. The van der Waals surface area contributed by atoms with Crippen molar-refractivity contribution in [3.05, 3.63) is 93.7 Å². The van der Waals surface area contributed by atoms with E-state index in [9.17, 15) is 19.5 Å². The number of rotatable bonds is 8. The maximum Gasteiger partial charge on any atom is 0.337 e. The molecule has 0 saturated carbocycles. The quantitative estimate of drug-likeness (QED) is 0.379. The Kier molecular flexibility index (Phi) is 6.35. The second-order valence-corrected chi connectivity index (χ2v) is 7.76. The number of aromatic amines is 1. The minimum Gasteiger partial charge on any atom is -0.478 e. The van der Waals surface area contributed by atoms with Gasteiger partial charge in [0.25, 0.3) is 11.5 Å². The molecule has 0 bridgehead atoms. The molecule has 2 aromatic heterocycles. The highest BCUT2D eigenvalue weighted by atomic mass is 16.4. The number of nitrogens with zero attached hydrogens (tertiary/aromatic N) is 2. The molecule has 0 aliphatic carbocycles. The summed E-state index contributed by atoms with van der Waals surface area (Å²) in [5.41, 5.74) is 2.64. The number of carbonyl (C=O) groups excluding carboxylic acids is 1. The molecule has 4 rings (SSSR count). The average Bonchev–Trinajstić information content (AvgIpc) is 3.17. The topological polar surface area (TPSA) is 117 Å². The fourth-order valence-corrected chi connectivity index (χ4v) is 3.73. The number of amides is 1. The van der Waals surface area contributed by atoms with E-state index in [0.29, 0.717) is 17.6 Å². The lowest BCUT2D eigenvalue weighted by atomic mass is 10.1. The largest absolute Gasteiger partial charge is 0.478 e. The highest BCUT2D eigenvalue weighted by Crippen LogP contribution is 2.19. The van der Waals surface area contributed by atoms with Crippen molar-refractivity contribution in [2.75, 3.05) is 5.32 Å². The van der Waals surface area contributed by atoms with E-state index in [1.807, 2.05) is 22.8 Å². The van der Waals surface area contributed by atoms with E-state index < -0.39 is 11.9 Å². The van der Waals surface area contributed by atoms with Gasteiger partial charge in [-0.3, -0.25) is 9.59 Å². The number of imidazole rings is 1. The molecule has 168 valence electrons. The van der Waals surface area contributed by atoms with Crippen LogP contribution in [0.1, 0.15) is 51.9 Å². The number of aromatic nitrogens is 3. The lowest BCUT2D eigenvalue weighted by Crippen LogP contribution is -2.15. The van der Waals surface area contributed by atoms with Gasteiger partial charge in [0.05, 0.1) is 16.8 Å². The van der Waals surface area contributed by atoms with Crippen molar-refractivity contribution in [3.8, 4) is 0 Å². The van der Waals surface area contributed by atoms with Gasteiger partial charge in [-0.05, 0) is 42.3 Å². The van der Waals surface area contributed by atoms with E-state index in [0.717, 1.165) is 36.2 Å². The number of carboxylic acid groups (broad SMARTS) is 1. The molecule has 0 aliphatic heterocycles. The molecule has 0 unspecified atom stereocenters. The van der Waals surface area contributed by atoms with Gasteiger partial charge in [-0.2, -0.15) is 0 Å². The standard InChI is InChI=1S/C25H24N4O4/c1-2-3-8-21-28-22-20(13-14-26-24(22)31)29(21)15-16-9-11-17(12-10-16)23(30)27-19-7-5-4-6-18(19)25(32)33/h4-7,9-14H,2-3,8,15H2,1H3,(H,26,31)(H,27,30)(H,32,33). The Balaban J connectivity index is 1.57. The van der Waals surface area contributed by atoms with Crippen molar-refractivity contribution in [2.24, 2.45) is 0 Å². The summed E-state index contributed by atoms with van der Waals surface area (Å²) in [6, 6.07) is 15.2. The van der Waals surface area contributed by atoms with E-state index in [4.69, 9.17) is 0 Å². The van der Waals surface area contributed by atoms with Crippen LogP contribution in [-0.4, -0.2) is 31.5 Å². The van der Waals surface area contributed by atoms with Crippen LogP contribution in [0.25, 0.3) is 11.0 Å². The van der Waals surface area contributed by atoms with Gasteiger partial charge >= 0.3 is 5.97 Å². The summed E-state index contributed by atoms with van der Waals surface area (Å²) in [6.07, 6.45) is 4.38. The van der Waals surface area contributed by atoms with Crippen LogP contribution in [0.2, 0.25) is 0 Å². The van der Waals surface area contributed by atoms with Crippen LogP contribution in [-0.2, 0) is 13.0 Å². The Labute approximate surface area is 189 Å². The van der Waals surface area contributed by atoms with Crippen molar-refractivity contribution in [1.82, 2.24) is 14.5 Å². The molecule has 0 aliphatic rings. The number of benzene rings is 2. The van der Waals surface area contributed by atoms with E-state index in [-0.39, 0.29) is 16.8 Å². The number of hydrogen-bond acceptors (Lipinski definition) is 4. The van der Waals surface area contributed by atoms with E-state index in [1.165, 1.54) is 6.07 Å². The van der Waals surface area contributed by atoms with Crippen LogP contribution in [0.15, 0.2) is 65.6 Å². The number of aromatic carboxylic acids is 1. The number of anilines is 1. The molecule has 0 radical (unpaired) electrons. The zero-order valence-corrected chi connectivity index (χ0v) is 18.2. The van der Waals surface area contributed by atoms with E-state index in [1.54, 1.807) is 36.5 Å². The van der Waals surface area contributed by atoms with Gasteiger partial charge in [0, 0.05) is 24.7 Å². The van der Waals surface area contributed by atoms with Crippen molar-refractivity contribution < 1.29 is 14.7 Å². The van der Waals surface area contributed by atoms with Gasteiger partial charge in [0.2, 0.25) is 0 Å². The zero-order chi connectivity index (χ0) is 23.4. The molecule has 4 aromatic rings. The van der Waals surface area contributed by atoms with Gasteiger partial charge in [-0.15, -0.1) is 0 Å². The van der Waals surface area contributed by atoms with Gasteiger partial charge in [-0.1, -0.05) is 37.6 Å². The van der Waals surface area contributed by atoms with Crippen LogP contribution in [0.5, 0.6) is 0 Å². The Morgan fingerprint density at radius 3 is 2.58 bits per heavy atom. The van der Waals surface area contributed by atoms with Crippen molar-refractivity contribution >= 4 is 28.6 Å². The molecule has 3 N–H and O–H groups in total. The SMILES string of the molecule is CCCCc1nc2c(=O)[nH]ccc2n1Cc1ccc(C(=O)Nc2ccccc2C(=O)O)cc1. The molecule has 0 fully saturated rings. The van der Waals surface area contributed by atoms with Crippen molar-refractivity contribution in [3.63, 3.8) is 0 Å². The van der Waals surface area contributed by atoms with Crippen LogP contribution < -0.4 is 10.9 Å². The molecule has 2 heterocycles. The first-order valence-electron chi connectivity index (χ1n) is 10.8. The number of carbonyl (C=O) groups is 2. The number of pyridine rings is 1. The highest BCUT2D eigenvalue weighted by Gasteiger charge is 2.15. The summed E-state index contributed by atoms with van der Waals surface area (Å²) >= 11 is 0. The maximum absolute atomic E-state index is 12.6. The van der Waals surface area contributed by atoms with Crippen LogP contribution in [0.3, 0.4) is 0 Å². The van der Waals surface area contributed by atoms with E-state index in [2.05, 4.69) is 22.2 Å². The minimum atomic E-state index is -1.11. The summed E-state index contributed by atoms with van der Waals surface area (Å²) in [5, 5.41) is 12.0. The molecule has 0 atom stereocenters. The molecule has 0 saturated heterocycles. The molecule has 33 heavy (non-hydrogen) atoms. The third-order valence-electron chi connectivity index (χ3n) is 5.47. The number of carboxylic acids is 1. The third-order valence-corrected chi connectivity index (χ3v) is 5.47. The van der Waals surface area contributed by atoms with E-state index >= 15 is 0 Å². The lowest BCUT2D eigenvalue weighted by Gasteiger charge is -2.11. The van der Waals surface area contributed by atoms with Gasteiger partial charge in [0.15, 0.2) is 5.52 Å². The predicted octanol–water partition coefficient (Wildman–Crippen LogP) is 4.07. The van der Waals surface area contributed by atoms with Crippen molar-refractivity contribution in [2.45, 2.75) is 32.7 Å².